The van der Waals surface area contributed by atoms with Crippen LogP contribution in [-0.4, -0.2) is 48.4 Å². The van der Waals surface area contributed by atoms with Gasteiger partial charge >= 0.3 is 0 Å². The summed E-state index contributed by atoms with van der Waals surface area (Å²) in [6.45, 7) is 1.68. The van der Waals surface area contributed by atoms with Gasteiger partial charge in [0.2, 0.25) is 11.8 Å². The number of carbonyl (C=O) groups excluding carboxylic acids is 3. The van der Waals surface area contributed by atoms with E-state index in [1.165, 1.54) is 11.3 Å². The minimum atomic E-state index is -0.195. The molecule has 1 saturated carbocycles. The number of thiophene rings is 1. The average Bonchev–Trinajstić information content (AvgIpc) is 3.25. The summed E-state index contributed by atoms with van der Waals surface area (Å²) in [5.41, 5.74) is 1.54. The SMILES string of the molecule is O=C(NCc1ccccc1NC(=O)C1CCC(N2CCOCC2=O)CC1)c1ccc(Cl)s1. The lowest BCUT2D eigenvalue weighted by molar-refractivity contribution is -0.146. The number of anilines is 1. The van der Waals surface area contributed by atoms with E-state index in [0.717, 1.165) is 31.2 Å². The third-order valence-corrected chi connectivity index (χ3v) is 7.27. The molecule has 3 amide bonds. The van der Waals surface area contributed by atoms with Gasteiger partial charge in [0, 0.05) is 30.7 Å². The van der Waals surface area contributed by atoms with Crippen molar-refractivity contribution in [2.24, 2.45) is 5.92 Å². The molecule has 2 heterocycles. The summed E-state index contributed by atoms with van der Waals surface area (Å²) in [4.78, 5) is 39.8. The predicted octanol–water partition coefficient (Wildman–Crippen LogP) is 3.69. The van der Waals surface area contributed by atoms with Crippen molar-refractivity contribution in [3.63, 3.8) is 0 Å². The van der Waals surface area contributed by atoms with Crippen LogP contribution >= 0.6 is 22.9 Å². The van der Waals surface area contributed by atoms with Gasteiger partial charge in [0.25, 0.3) is 5.91 Å². The molecule has 9 heteroatoms. The first kappa shape index (κ1) is 22.8. The summed E-state index contributed by atoms with van der Waals surface area (Å²) >= 11 is 7.13. The highest BCUT2D eigenvalue weighted by atomic mass is 35.5. The Morgan fingerprint density at radius 1 is 1.12 bits per heavy atom. The van der Waals surface area contributed by atoms with Crippen LogP contribution in [0, 0.1) is 5.92 Å². The number of carbonyl (C=O) groups is 3. The monoisotopic (exact) mass is 475 g/mol. The van der Waals surface area contributed by atoms with E-state index in [1.807, 2.05) is 29.2 Å². The molecular formula is C23H26ClN3O4S. The highest BCUT2D eigenvalue weighted by molar-refractivity contribution is 7.17. The number of para-hydroxylation sites is 1. The van der Waals surface area contributed by atoms with Crippen molar-refractivity contribution in [1.29, 1.82) is 0 Å². The zero-order chi connectivity index (χ0) is 22.5. The van der Waals surface area contributed by atoms with Gasteiger partial charge in [0.1, 0.15) is 6.61 Å². The summed E-state index contributed by atoms with van der Waals surface area (Å²) in [5, 5.41) is 5.92. The van der Waals surface area contributed by atoms with Gasteiger partial charge in [0.15, 0.2) is 0 Å². The molecule has 2 fully saturated rings. The molecule has 0 bridgehead atoms. The number of benzene rings is 1. The van der Waals surface area contributed by atoms with E-state index in [2.05, 4.69) is 10.6 Å². The second-order valence-corrected chi connectivity index (χ2v) is 9.79. The van der Waals surface area contributed by atoms with Crippen LogP contribution in [0.3, 0.4) is 0 Å². The van der Waals surface area contributed by atoms with Gasteiger partial charge in [0.05, 0.1) is 15.8 Å². The first-order chi connectivity index (χ1) is 15.5. The second-order valence-electron chi connectivity index (χ2n) is 8.08. The number of amides is 3. The quantitative estimate of drug-likeness (QED) is 0.667. The summed E-state index contributed by atoms with van der Waals surface area (Å²) in [7, 11) is 0. The number of hydrogen-bond acceptors (Lipinski definition) is 5. The second kappa shape index (κ2) is 10.5. The molecule has 170 valence electrons. The van der Waals surface area contributed by atoms with E-state index in [0.29, 0.717) is 34.6 Å². The van der Waals surface area contributed by atoms with Crippen LogP contribution < -0.4 is 10.6 Å². The Bertz CT molecular complexity index is 987. The van der Waals surface area contributed by atoms with Crippen molar-refractivity contribution < 1.29 is 19.1 Å². The van der Waals surface area contributed by atoms with Gasteiger partial charge in [-0.3, -0.25) is 14.4 Å². The Morgan fingerprint density at radius 3 is 2.62 bits per heavy atom. The van der Waals surface area contributed by atoms with Gasteiger partial charge in [-0.2, -0.15) is 0 Å². The van der Waals surface area contributed by atoms with Crippen molar-refractivity contribution in [2.45, 2.75) is 38.3 Å². The molecule has 32 heavy (non-hydrogen) atoms. The first-order valence-electron chi connectivity index (χ1n) is 10.8. The standard InChI is InChI=1S/C23H26ClN3O4S/c24-20-10-9-19(32-20)23(30)25-13-16-3-1-2-4-18(16)26-22(29)15-5-7-17(8-6-15)27-11-12-31-14-21(27)28/h1-4,9-10,15,17H,5-8,11-14H2,(H,25,30)(H,26,29). The lowest BCUT2D eigenvalue weighted by Gasteiger charge is -2.38. The van der Waals surface area contributed by atoms with Crippen LogP contribution in [0.4, 0.5) is 5.69 Å². The average molecular weight is 476 g/mol. The van der Waals surface area contributed by atoms with Crippen molar-refractivity contribution >= 4 is 46.3 Å². The maximum absolute atomic E-state index is 12.9. The van der Waals surface area contributed by atoms with Crippen LogP contribution in [0.1, 0.15) is 40.9 Å². The number of ether oxygens (including phenoxy) is 1. The molecule has 0 spiro atoms. The Kier molecular flexibility index (Phi) is 7.44. The minimum absolute atomic E-state index is 0.0134. The van der Waals surface area contributed by atoms with Crippen LogP contribution in [-0.2, 0) is 20.9 Å². The Hall–Kier alpha value is -2.42. The van der Waals surface area contributed by atoms with E-state index < -0.39 is 0 Å². The number of nitrogens with one attached hydrogen (secondary N) is 2. The molecule has 1 saturated heterocycles. The Labute approximate surface area is 196 Å². The van der Waals surface area contributed by atoms with Crippen LogP contribution in [0.2, 0.25) is 4.34 Å². The maximum Gasteiger partial charge on any atom is 0.261 e. The van der Waals surface area contributed by atoms with Crippen LogP contribution in [0.25, 0.3) is 0 Å². The molecule has 0 radical (unpaired) electrons. The fourth-order valence-electron chi connectivity index (χ4n) is 4.30. The molecule has 0 atom stereocenters. The van der Waals surface area contributed by atoms with Gasteiger partial charge < -0.3 is 20.3 Å². The smallest absolute Gasteiger partial charge is 0.261 e. The largest absolute Gasteiger partial charge is 0.370 e. The normalized spacial score (nSPS) is 21.3. The summed E-state index contributed by atoms with van der Waals surface area (Å²) in [6.07, 6.45) is 3.15. The zero-order valence-electron chi connectivity index (χ0n) is 17.6. The van der Waals surface area contributed by atoms with Crippen LogP contribution in [0.15, 0.2) is 36.4 Å². The molecule has 7 nitrogen and oxygen atoms in total. The zero-order valence-corrected chi connectivity index (χ0v) is 19.2. The van der Waals surface area contributed by atoms with E-state index >= 15 is 0 Å². The lowest BCUT2D eigenvalue weighted by atomic mass is 9.84. The highest BCUT2D eigenvalue weighted by Gasteiger charge is 2.32. The van der Waals surface area contributed by atoms with Crippen molar-refractivity contribution in [2.75, 3.05) is 25.1 Å². The minimum Gasteiger partial charge on any atom is -0.370 e. The van der Waals surface area contributed by atoms with Gasteiger partial charge in [-0.05, 0) is 49.4 Å². The first-order valence-corrected chi connectivity index (χ1v) is 12.0. The number of hydrogen-bond donors (Lipinski definition) is 2. The van der Waals surface area contributed by atoms with Crippen molar-refractivity contribution in [1.82, 2.24) is 10.2 Å². The van der Waals surface area contributed by atoms with E-state index in [-0.39, 0.29) is 36.3 Å². The predicted molar refractivity (Wildman–Crippen MR) is 124 cm³/mol. The van der Waals surface area contributed by atoms with E-state index in [1.54, 1.807) is 12.1 Å². The third-order valence-electron chi connectivity index (χ3n) is 6.04. The molecule has 1 aliphatic carbocycles. The van der Waals surface area contributed by atoms with Gasteiger partial charge in [-0.1, -0.05) is 29.8 Å². The molecule has 2 aliphatic rings. The number of nitrogens with zero attached hydrogens (tertiary/aromatic N) is 1. The maximum atomic E-state index is 12.9. The molecule has 4 rings (SSSR count). The van der Waals surface area contributed by atoms with Gasteiger partial charge in [-0.25, -0.2) is 0 Å². The van der Waals surface area contributed by atoms with Crippen LogP contribution in [0.5, 0.6) is 0 Å². The molecular weight excluding hydrogens is 450 g/mol. The molecule has 1 aromatic heterocycles. The third kappa shape index (κ3) is 5.49. The Balaban J connectivity index is 1.31. The summed E-state index contributed by atoms with van der Waals surface area (Å²) in [5.74, 6) is -0.247. The fraction of sp³-hybridized carbons (Fsp3) is 0.435. The fourth-order valence-corrected chi connectivity index (χ4v) is 5.26. The molecule has 0 unspecified atom stereocenters. The Morgan fingerprint density at radius 2 is 1.91 bits per heavy atom. The summed E-state index contributed by atoms with van der Waals surface area (Å²) < 4.78 is 5.78. The van der Waals surface area contributed by atoms with E-state index in [9.17, 15) is 14.4 Å². The van der Waals surface area contributed by atoms with Crippen molar-refractivity contribution in [3.8, 4) is 0 Å². The van der Waals surface area contributed by atoms with E-state index in [4.69, 9.17) is 16.3 Å². The highest BCUT2D eigenvalue weighted by Crippen LogP contribution is 2.30. The number of halogens is 1. The lowest BCUT2D eigenvalue weighted by Crippen LogP contribution is -2.49. The molecule has 2 N–H and O–H groups in total. The number of rotatable bonds is 6. The number of morpholine rings is 1. The molecule has 1 aromatic carbocycles. The summed E-state index contributed by atoms with van der Waals surface area (Å²) in [6, 6.07) is 11.1. The molecule has 1 aliphatic heterocycles. The van der Waals surface area contributed by atoms with Gasteiger partial charge in [-0.15, -0.1) is 11.3 Å². The molecule has 2 aromatic rings. The van der Waals surface area contributed by atoms with Crippen molar-refractivity contribution in [3.05, 3.63) is 51.2 Å². The topological polar surface area (TPSA) is 87.7 Å².